The summed E-state index contributed by atoms with van der Waals surface area (Å²) in [7, 11) is 0. The minimum Gasteiger partial charge on any atom is -0.470 e. The Morgan fingerprint density at radius 3 is 2.45 bits per heavy atom. The molecule has 0 unspecified atom stereocenters. The third-order valence-corrected chi connectivity index (χ3v) is 5.50. The summed E-state index contributed by atoms with van der Waals surface area (Å²) in [6.45, 7) is 0. The van der Waals surface area contributed by atoms with Crippen LogP contribution in [-0.2, 0) is 17.7 Å². The van der Waals surface area contributed by atoms with E-state index in [-0.39, 0.29) is 12.2 Å². The molecule has 5 N–H and O–H groups in total. The fraction of sp³-hybridized carbons (Fsp3) is 0.500. The van der Waals surface area contributed by atoms with Crippen molar-refractivity contribution in [3.05, 3.63) is 30.3 Å². The van der Waals surface area contributed by atoms with Crippen molar-refractivity contribution in [3.8, 4) is 5.88 Å². The molecular formula is C20H26BrClN2O7. The summed E-state index contributed by atoms with van der Waals surface area (Å²) < 4.78 is 14.0. The lowest BCUT2D eigenvalue weighted by Gasteiger charge is -2.27. The van der Waals surface area contributed by atoms with Gasteiger partial charge < -0.3 is 34.8 Å². The van der Waals surface area contributed by atoms with Gasteiger partial charge in [-0.2, -0.15) is 0 Å². The third kappa shape index (κ3) is 7.44. The molecular weight excluding hydrogens is 496 g/mol. The van der Waals surface area contributed by atoms with Crippen molar-refractivity contribution >= 4 is 51.3 Å². The van der Waals surface area contributed by atoms with Crippen molar-refractivity contribution in [1.29, 1.82) is 0 Å². The van der Waals surface area contributed by atoms with E-state index in [0.29, 0.717) is 6.04 Å². The Balaban J connectivity index is 0.000000412. The second-order valence-corrected chi connectivity index (χ2v) is 7.75. The van der Waals surface area contributed by atoms with E-state index in [1.54, 1.807) is 18.2 Å². The highest BCUT2D eigenvalue weighted by atomic mass is 79.9. The van der Waals surface area contributed by atoms with Gasteiger partial charge in [0.25, 0.3) is 0 Å². The average molecular weight is 522 g/mol. The topological polar surface area (TPSA) is 144 Å². The van der Waals surface area contributed by atoms with Crippen LogP contribution in [0.25, 0.3) is 10.9 Å². The van der Waals surface area contributed by atoms with Crippen molar-refractivity contribution in [3.63, 3.8) is 0 Å². The van der Waals surface area contributed by atoms with Gasteiger partial charge in [0.05, 0.1) is 16.3 Å². The maximum Gasteiger partial charge on any atom is 0.357 e. The first-order chi connectivity index (χ1) is 14.9. The second-order valence-electron chi connectivity index (χ2n) is 7.22. The highest BCUT2D eigenvalue weighted by Gasteiger charge is 2.40. The number of H-pyrrole nitrogens is 1. The molecule has 0 saturated heterocycles. The van der Waals surface area contributed by atoms with Crippen LogP contribution < -0.4 is 10.5 Å². The lowest BCUT2D eigenvalue weighted by Crippen LogP contribution is -2.51. The van der Waals surface area contributed by atoms with Crippen LogP contribution in [0.2, 0.25) is 0 Å². The van der Waals surface area contributed by atoms with Crippen LogP contribution in [0.4, 0.5) is 0 Å². The van der Waals surface area contributed by atoms with E-state index >= 15 is 0 Å². The van der Waals surface area contributed by atoms with Crippen LogP contribution in [0, 0.1) is 0 Å². The molecule has 1 aromatic heterocycles. The summed E-state index contributed by atoms with van der Waals surface area (Å²) in [4.78, 5) is 25.3. The molecule has 0 spiro atoms. The molecule has 172 valence electrons. The molecule has 1 fully saturated rings. The highest BCUT2D eigenvalue weighted by molar-refractivity contribution is 9.06. The van der Waals surface area contributed by atoms with Crippen molar-refractivity contribution < 1.29 is 32.7 Å². The summed E-state index contributed by atoms with van der Waals surface area (Å²) >= 11 is 7.52. The number of aldehydes is 1. The summed E-state index contributed by atoms with van der Waals surface area (Å²) in [5.41, 5.74) is 6.38. The first-order valence-electron chi connectivity index (χ1n) is 9.82. The molecule has 9 nitrogen and oxygen atoms in total. The number of nitrogens with two attached hydrogens (primary N) is 1. The number of aliphatic hydroxyl groups is 2. The predicted molar refractivity (Wildman–Crippen MR) is 118 cm³/mol. The van der Waals surface area contributed by atoms with E-state index in [2.05, 4.69) is 29.4 Å². The van der Waals surface area contributed by atoms with E-state index in [9.17, 15) is 19.8 Å². The lowest BCUT2D eigenvalue weighted by atomic mass is 9.97. The summed E-state index contributed by atoms with van der Waals surface area (Å²) in [6.07, 6.45) is 0.173. The Hall–Kier alpha value is -1.69. The number of hydrogen-bond acceptors (Lipinski definition) is 8. The van der Waals surface area contributed by atoms with E-state index in [1.165, 1.54) is 32.1 Å². The normalized spacial score (nSPS) is 18.2. The molecule has 0 radical (unpaired) electrons. The molecule has 2 aromatic rings. The number of ether oxygens (including phenoxy) is 1. The number of hydrogen-bond donors (Lipinski definition) is 4. The maximum absolute atomic E-state index is 11.5. The number of aliphatic hydroxyl groups excluding tert-OH is 2. The molecule has 1 saturated carbocycles. The molecule has 0 aliphatic heterocycles. The Morgan fingerprint density at radius 1 is 1.26 bits per heavy atom. The van der Waals surface area contributed by atoms with Gasteiger partial charge in [-0.05, 0) is 18.9 Å². The zero-order valence-electron chi connectivity index (χ0n) is 16.7. The number of para-hydroxylation sites is 1. The molecule has 0 bridgehead atoms. The first-order valence-corrected chi connectivity index (χ1v) is 10.8. The molecule has 4 atom stereocenters. The number of carbonyl (C=O) groups excluding carboxylic acids is 2. The van der Waals surface area contributed by atoms with E-state index in [1.807, 2.05) is 12.1 Å². The molecule has 31 heavy (non-hydrogen) atoms. The monoisotopic (exact) mass is 520 g/mol. The van der Waals surface area contributed by atoms with Gasteiger partial charge in [0.2, 0.25) is 0 Å². The van der Waals surface area contributed by atoms with Crippen LogP contribution in [0.15, 0.2) is 30.3 Å². The number of aromatic amines is 1. The molecule has 3 rings (SSSR count). The van der Waals surface area contributed by atoms with Gasteiger partial charge in [-0.25, -0.2) is 4.79 Å². The van der Waals surface area contributed by atoms with Gasteiger partial charge in [-0.1, -0.05) is 37.5 Å². The molecule has 1 heterocycles. The smallest absolute Gasteiger partial charge is 0.357 e. The lowest BCUT2D eigenvalue weighted by molar-refractivity contribution is -0.154. The van der Waals surface area contributed by atoms with E-state index < -0.39 is 30.4 Å². The van der Waals surface area contributed by atoms with Gasteiger partial charge >= 0.3 is 5.97 Å². The number of benzene rings is 1. The fourth-order valence-electron chi connectivity index (χ4n) is 3.25. The summed E-state index contributed by atoms with van der Waals surface area (Å²) in [5, 5.41) is 20.9. The van der Waals surface area contributed by atoms with E-state index in [0.717, 1.165) is 10.9 Å². The molecule has 11 heteroatoms. The molecule has 0 amide bonds. The number of rotatable bonds is 8. The molecule has 1 aromatic carbocycles. The predicted octanol–water partition coefficient (Wildman–Crippen LogP) is 2.51. The van der Waals surface area contributed by atoms with Crippen molar-refractivity contribution in [2.75, 3.05) is 0 Å². The summed E-state index contributed by atoms with van der Waals surface area (Å²) in [6, 6.07) is 9.37. The van der Waals surface area contributed by atoms with Gasteiger partial charge in [-0.15, -0.1) is 0 Å². The quantitative estimate of drug-likeness (QED) is 0.388. The Morgan fingerprint density at radius 2 is 1.94 bits per heavy atom. The second kappa shape index (κ2) is 13.0. The molecule has 1 aliphatic rings. The fourth-order valence-corrected chi connectivity index (χ4v) is 3.72. The standard InChI is InChI=1S/C14H13BrClNO7.C6H13N/c15-23-13(14(21)24-16)11(20)12(9(19)6-18)22-10-5-7-3-1-2-4-8(7)17-10;7-6-4-2-1-3-5-6/h1-6,9,11-13,17,19-20H;6H,1-5,7H2/t9-,11-,12+,13-;/m0./s1. The zero-order chi connectivity index (χ0) is 22.8. The zero-order valence-corrected chi connectivity index (χ0v) is 19.0. The number of nitrogens with one attached hydrogen (secondary N) is 1. The SMILES string of the molecule is NC1CCCCC1.O=C[C@H](O)[C@@H](Oc1cc2ccccc2[nH]1)[C@H](O)[C@H](OBr)C(=O)OCl. The number of halogens is 2. The first kappa shape index (κ1) is 25.6. The number of fused-ring (bicyclic) bond motifs is 1. The molecule has 1 aliphatic carbocycles. The third-order valence-electron chi connectivity index (χ3n) is 4.95. The number of aromatic nitrogens is 1. The maximum atomic E-state index is 11.5. The van der Waals surface area contributed by atoms with Crippen molar-refractivity contribution in [2.24, 2.45) is 5.73 Å². The van der Waals surface area contributed by atoms with Crippen molar-refractivity contribution in [1.82, 2.24) is 4.98 Å². The Kier molecular flexibility index (Phi) is 10.7. The average Bonchev–Trinajstić information content (AvgIpc) is 3.20. The minimum atomic E-state index is -1.76. The van der Waals surface area contributed by atoms with Gasteiger partial charge in [0.1, 0.15) is 24.1 Å². The van der Waals surface area contributed by atoms with Crippen LogP contribution in [-0.4, -0.2) is 57.9 Å². The van der Waals surface area contributed by atoms with Crippen LogP contribution in [0.1, 0.15) is 32.1 Å². The van der Waals surface area contributed by atoms with Gasteiger partial charge in [0, 0.05) is 23.0 Å². The minimum absolute atomic E-state index is 0.161. The van der Waals surface area contributed by atoms with Gasteiger partial charge in [0.15, 0.2) is 24.4 Å². The van der Waals surface area contributed by atoms with Gasteiger partial charge in [-0.3, -0.25) is 3.83 Å². The number of carbonyl (C=O) groups is 2. The summed E-state index contributed by atoms with van der Waals surface area (Å²) in [5.74, 6) is -0.960. The largest absolute Gasteiger partial charge is 0.470 e. The van der Waals surface area contributed by atoms with Crippen LogP contribution in [0.5, 0.6) is 5.88 Å². The van der Waals surface area contributed by atoms with Crippen LogP contribution in [0.3, 0.4) is 0 Å². The highest BCUT2D eigenvalue weighted by Crippen LogP contribution is 2.23. The van der Waals surface area contributed by atoms with E-state index in [4.69, 9.17) is 22.3 Å². The Labute approximate surface area is 193 Å². The van der Waals surface area contributed by atoms with Crippen LogP contribution >= 0.6 is 28.1 Å². The Bertz CT molecular complexity index is 798. The van der Waals surface area contributed by atoms with Crippen molar-refractivity contribution in [2.45, 2.75) is 62.6 Å².